The van der Waals surface area contributed by atoms with Crippen LogP contribution in [0.15, 0.2) is 48.5 Å². The van der Waals surface area contributed by atoms with Crippen LogP contribution in [-0.2, 0) is 11.2 Å². The van der Waals surface area contributed by atoms with Crippen molar-refractivity contribution in [3.8, 4) is 0 Å². The number of amides is 2. The highest BCUT2D eigenvalue weighted by atomic mass is 16.2. The lowest BCUT2D eigenvalue weighted by molar-refractivity contribution is -0.116. The Kier molecular flexibility index (Phi) is 7.89. The summed E-state index contributed by atoms with van der Waals surface area (Å²) >= 11 is 0. The Hall–Kier alpha value is -2.82. The molecule has 3 rings (SSSR count). The molecule has 2 amide bonds. The van der Waals surface area contributed by atoms with Crippen LogP contribution in [0, 0.1) is 0 Å². The van der Waals surface area contributed by atoms with Crippen molar-refractivity contribution in [2.75, 3.05) is 23.3 Å². The van der Waals surface area contributed by atoms with Crippen molar-refractivity contribution in [2.24, 2.45) is 0 Å². The van der Waals surface area contributed by atoms with Crippen molar-refractivity contribution in [3.63, 3.8) is 0 Å². The first kappa shape index (κ1) is 21.9. The van der Waals surface area contributed by atoms with Crippen LogP contribution in [0.5, 0.6) is 0 Å². The topological polar surface area (TPSA) is 61.4 Å². The third kappa shape index (κ3) is 6.09. The van der Waals surface area contributed by atoms with Gasteiger partial charge in [0, 0.05) is 36.9 Å². The zero-order valence-corrected chi connectivity index (χ0v) is 18.1. The maximum atomic E-state index is 13.0. The largest absolute Gasteiger partial charge is 0.371 e. The summed E-state index contributed by atoms with van der Waals surface area (Å²) in [7, 11) is 0. The fourth-order valence-electron chi connectivity index (χ4n) is 3.74. The highest BCUT2D eigenvalue weighted by Crippen LogP contribution is 2.27. The number of nitrogens with zero attached hydrogens (tertiary/aromatic N) is 1. The summed E-state index contributed by atoms with van der Waals surface area (Å²) in [5.74, 6) is -0.122. The van der Waals surface area contributed by atoms with Gasteiger partial charge in [-0.15, -0.1) is 0 Å². The van der Waals surface area contributed by atoms with Crippen LogP contribution in [0.2, 0.25) is 0 Å². The van der Waals surface area contributed by atoms with Crippen LogP contribution in [0.3, 0.4) is 0 Å². The monoisotopic (exact) mass is 407 g/mol. The van der Waals surface area contributed by atoms with Crippen LogP contribution < -0.4 is 15.5 Å². The zero-order chi connectivity index (χ0) is 21.3. The van der Waals surface area contributed by atoms with Crippen LogP contribution in [0.1, 0.15) is 61.9 Å². The highest BCUT2D eigenvalue weighted by Gasteiger charge is 2.20. The van der Waals surface area contributed by atoms with Crippen molar-refractivity contribution < 1.29 is 9.59 Å². The maximum absolute atomic E-state index is 13.0. The molecule has 0 bridgehead atoms. The molecule has 0 radical (unpaired) electrons. The Morgan fingerprint density at radius 3 is 2.47 bits per heavy atom. The van der Waals surface area contributed by atoms with Gasteiger partial charge in [0.25, 0.3) is 5.91 Å². The van der Waals surface area contributed by atoms with Crippen molar-refractivity contribution in [3.05, 3.63) is 59.7 Å². The second-order valence-corrected chi connectivity index (χ2v) is 8.10. The van der Waals surface area contributed by atoms with Crippen molar-refractivity contribution in [1.29, 1.82) is 0 Å². The molecule has 5 heteroatoms. The lowest BCUT2D eigenvalue weighted by Gasteiger charge is -2.31. The minimum Gasteiger partial charge on any atom is -0.371 e. The Bertz CT molecular complexity index is 845. The number of piperidine rings is 1. The Morgan fingerprint density at radius 2 is 1.77 bits per heavy atom. The number of anilines is 2. The fraction of sp³-hybridized carbons (Fsp3) is 0.440. The molecule has 0 unspecified atom stereocenters. The van der Waals surface area contributed by atoms with E-state index in [2.05, 4.69) is 22.5 Å². The van der Waals surface area contributed by atoms with E-state index in [0.29, 0.717) is 24.1 Å². The number of rotatable bonds is 8. The Balaban J connectivity index is 1.73. The number of hydrogen-bond acceptors (Lipinski definition) is 3. The average molecular weight is 408 g/mol. The number of hydrogen-bond donors (Lipinski definition) is 2. The van der Waals surface area contributed by atoms with Crippen LogP contribution in [-0.4, -0.2) is 30.9 Å². The SMILES string of the molecule is CC[C@@H](C)NC(=O)c1cc(NC(=O)CCc2ccccc2)ccc1N1CCCCC1. The molecule has 1 fully saturated rings. The number of benzene rings is 2. The summed E-state index contributed by atoms with van der Waals surface area (Å²) in [5.41, 5.74) is 3.40. The van der Waals surface area contributed by atoms with E-state index in [1.165, 1.54) is 6.42 Å². The van der Waals surface area contributed by atoms with Gasteiger partial charge in [-0.25, -0.2) is 0 Å². The molecule has 2 aromatic carbocycles. The summed E-state index contributed by atoms with van der Waals surface area (Å²) < 4.78 is 0. The van der Waals surface area contributed by atoms with Gasteiger partial charge in [-0.1, -0.05) is 37.3 Å². The molecule has 1 saturated heterocycles. The molecule has 5 nitrogen and oxygen atoms in total. The number of aryl methyl sites for hydroxylation is 1. The lowest BCUT2D eigenvalue weighted by atomic mass is 10.0. The zero-order valence-electron chi connectivity index (χ0n) is 18.1. The quantitative estimate of drug-likeness (QED) is 0.662. The third-order valence-corrected chi connectivity index (χ3v) is 5.70. The average Bonchev–Trinajstić information content (AvgIpc) is 2.78. The second-order valence-electron chi connectivity index (χ2n) is 8.10. The molecule has 2 N–H and O–H groups in total. The normalized spacial score (nSPS) is 14.8. The van der Waals surface area contributed by atoms with Crippen molar-refractivity contribution in [1.82, 2.24) is 5.32 Å². The second kappa shape index (κ2) is 10.8. The minimum atomic E-state index is -0.0784. The van der Waals surface area contributed by atoms with Gasteiger partial charge in [0.1, 0.15) is 0 Å². The summed E-state index contributed by atoms with van der Waals surface area (Å²) in [4.78, 5) is 27.7. The molecule has 2 aromatic rings. The molecule has 0 aliphatic carbocycles. The molecule has 1 atom stereocenters. The maximum Gasteiger partial charge on any atom is 0.253 e. The van der Waals surface area contributed by atoms with Crippen LogP contribution in [0.25, 0.3) is 0 Å². The van der Waals surface area contributed by atoms with Gasteiger partial charge in [0.15, 0.2) is 0 Å². The molecule has 160 valence electrons. The Morgan fingerprint density at radius 1 is 1.03 bits per heavy atom. The summed E-state index contributed by atoms with van der Waals surface area (Å²) in [6.45, 7) is 5.99. The molecular formula is C25H33N3O2. The van der Waals surface area contributed by atoms with E-state index in [-0.39, 0.29) is 17.9 Å². The summed E-state index contributed by atoms with van der Waals surface area (Å²) in [6.07, 6.45) is 5.50. The molecule has 1 aliphatic rings. The van der Waals surface area contributed by atoms with Crippen LogP contribution >= 0.6 is 0 Å². The van der Waals surface area contributed by atoms with E-state index < -0.39 is 0 Å². The highest BCUT2D eigenvalue weighted by molar-refractivity contribution is 6.02. The van der Waals surface area contributed by atoms with Gasteiger partial charge in [-0.3, -0.25) is 9.59 Å². The summed E-state index contributed by atoms with van der Waals surface area (Å²) in [5, 5.41) is 6.04. The molecular weight excluding hydrogens is 374 g/mol. The van der Waals surface area contributed by atoms with E-state index in [1.54, 1.807) is 0 Å². The summed E-state index contributed by atoms with van der Waals surface area (Å²) in [6, 6.07) is 15.8. The van der Waals surface area contributed by atoms with E-state index in [4.69, 9.17) is 0 Å². The van der Waals surface area contributed by atoms with E-state index in [0.717, 1.165) is 43.6 Å². The molecule has 1 heterocycles. The van der Waals surface area contributed by atoms with E-state index in [9.17, 15) is 9.59 Å². The first-order valence-electron chi connectivity index (χ1n) is 11.1. The first-order chi connectivity index (χ1) is 14.6. The van der Waals surface area contributed by atoms with Gasteiger partial charge in [-0.05, 0) is 62.8 Å². The van der Waals surface area contributed by atoms with E-state index >= 15 is 0 Å². The standard InChI is InChI=1S/C25H33N3O2/c1-3-19(2)26-25(30)22-18-21(13-14-23(22)28-16-8-5-9-17-28)27-24(29)15-12-20-10-6-4-7-11-20/h4,6-7,10-11,13-14,18-19H,3,5,8-9,12,15-17H2,1-2H3,(H,26,30)(H,27,29)/t19-/m1/s1. The van der Waals surface area contributed by atoms with Crippen LogP contribution in [0.4, 0.5) is 11.4 Å². The molecule has 0 spiro atoms. The van der Waals surface area contributed by atoms with Gasteiger partial charge >= 0.3 is 0 Å². The predicted molar refractivity (Wildman–Crippen MR) is 123 cm³/mol. The molecule has 30 heavy (non-hydrogen) atoms. The Labute approximate surface area is 179 Å². The smallest absolute Gasteiger partial charge is 0.253 e. The molecule has 1 aliphatic heterocycles. The van der Waals surface area contributed by atoms with E-state index in [1.807, 2.05) is 55.5 Å². The predicted octanol–water partition coefficient (Wildman–Crippen LogP) is 4.78. The number of carbonyl (C=O) groups excluding carboxylic acids is 2. The number of carbonyl (C=O) groups is 2. The third-order valence-electron chi connectivity index (χ3n) is 5.70. The van der Waals surface area contributed by atoms with Crippen molar-refractivity contribution in [2.45, 2.75) is 58.4 Å². The lowest BCUT2D eigenvalue weighted by Crippen LogP contribution is -2.35. The molecule has 0 aromatic heterocycles. The van der Waals surface area contributed by atoms with Crippen molar-refractivity contribution >= 4 is 23.2 Å². The minimum absolute atomic E-state index is 0.0436. The first-order valence-corrected chi connectivity index (χ1v) is 11.1. The van der Waals surface area contributed by atoms with Gasteiger partial charge in [0.05, 0.1) is 5.56 Å². The van der Waals surface area contributed by atoms with Gasteiger partial charge in [0.2, 0.25) is 5.91 Å². The van der Waals surface area contributed by atoms with Gasteiger partial charge in [-0.2, -0.15) is 0 Å². The fourth-order valence-corrected chi connectivity index (χ4v) is 3.74. The molecule has 0 saturated carbocycles. The van der Waals surface area contributed by atoms with Gasteiger partial charge < -0.3 is 15.5 Å². The number of nitrogens with one attached hydrogen (secondary N) is 2.